The number of hydrogen-bond acceptors (Lipinski definition) is 3. The van der Waals surface area contributed by atoms with Crippen LogP contribution in [0.15, 0.2) is 70.8 Å². The van der Waals surface area contributed by atoms with E-state index in [1.54, 1.807) is 18.2 Å². The van der Waals surface area contributed by atoms with Crippen LogP contribution in [-0.4, -0.2) is 10.5 Å². The summed E-state index contributed by atoms with van der Waals surface area (Å²) in [6.45, 7) is 9.45. The number of rotatable bonds is 8. The van der Waals surface area contributed by atoms with E-state index in [0.717, 1.165) is 28.7 Å². The highest BCUT2D eigenvalue weighted by molar-refractivity contribution is 7.92. The Kier molecular flexibility index (Phi) is 9.91. The van der Waals surface area contributed by atoms with E-state index >= 15 is 0 Å². The molecule has 0 bridgehead atoms. The first kappa shape index (κ1) is 26.1. The first-order chi connectivity index (χ1) is 15.2. The molecule has 0 aliphatic carbocycles. The standard InChI is InChI=1S/C25H28Cl2N2O2S/c1-6-16(3)13-21(28-18(5)30)14-19(7-2)20-12-11-17(4)23(15-20)29-32(31)24-10-8-9-22(26)25(24)27/h7-15,29H,6H2,1-5H3,(H,28,30)/b16-13+,19-7+,21-14+. The minimum Gasteiger partial charge on any atom is -0.588 e. The third-order valence-corrected chi connectivity index (χ3v) is 6.87. The van der Waals surface area contributed by atoms with Crippen LogP contribution in [0, 0.1) is 6.92 Å². The predicted octanol–water partition coefficient (Wildman–Crippen LogP) is 7.22. The van der Waals surface area contributed by atoms with Crippen molar-refractivity contribution in [1.29, 1.82) is 0 Å². The lowest BCUT2D eigenvalue weighted by Crippen LogP contribution is -2.18. The van der Waals surface area contributed by atoms with Gasteiger partial charge < -0.3 is 9.87 Å². The van der Waals surface area contributed by atoms with Gasteiger partial charge in [0, 0.05) is 12.6 Å². The Labute approximate surface area is 203 Å². The van der Waals surface area contributed by atoms with E-state index in [-0.39, 0.29) is 10.9 Å². The topological polar surface area (TPSA) is 64.2 Å². The van der Waals surface area contributed by atoms with E-state index in [4.69, 9.17) is 23.2 Å². The Bertz CT molecular complexity index is 1080. The zero-order valence-corrected chi connectivity index (χ0v) is 21.2. The van der Waals surface area contributed by atoms with Gasteiger partial charge in [0.05, 0.1) is 10.7 Å². The van der Waals surface area contributed by atoms with Crippen molar-refractivity contribution in [2.75, 3.05) is 4.72 Å². The summed E-state index contributed by atoms with van der Waals surface area (Å²) in [5.41, 5.74) is 5.35. The molecule has 2 N–H and O–H groups in total. The lowest BCUT2D eigenvalue weighted by molar-refractivity contribution is -0.118. The summed E-state index contributed by atoms with van der Waals surface area (Å²) in [5.74, 6) is -0.132. The molecular weight excluding hydrogens is 463 g/mol. The summed E-state index contributed by atoms with van der Waals surface area (Å²) in [5, 5.41) is 3.51. The number of carbonyl (C=O) groups excluding carboxylic acids is 1. The second-order valence-electron chi connectivity index (χ2n) is 7.32. The van der Waals surface area contributed by atoms with Crippen LogP contribution in [0.3, 0.4) is 0 Å². The molecule has 0 heterocycles. The van der Waals surface area contributed by atoms with Gasteiger partial charge in [-0.1, -0.05) is 60.0 Å². The molecule has 0 spiro atoms. The molecule has 0 fully saturated rings. The Balaban J connectivity index is 2.40. The Morgan fingerprint density at radius 3 is 2.50 bits per heavy atom. The number of carbonyl (C=O) groups is 1. The van der Waals surface area contributed by atoms with Crippen molar-refractivity contribution < 1.29 is 9.35 Å². The highest BCUT2D eigenvalue weighted by atomic mass is 35.5. The number of anilines is 1. The van der Waals surface area contributed by atoms with E-state index < -0.39 is 11.4 Å². The Morgan fingerprint density at radius 1 is 1.16 bits per heavy atom. The van der Waals surface area contributed by atoms with Crippen LogP contribution in [0.4, 0.5) is 5.69 Å². The Morgan fingerprint density at radius 2 is 1.88 bits per heavy atom. The van der Waals surface area contributed by atoms with Crippen LogP contribution in [0.5, 0.6) is 0 Å². The minimum atomic E-state index is -1.59. The number of aryl methyl sites for hydroxylation is 1. The first-order valence-electron chi connectivity index (χ1n) is 10.2. The number of nitrogens with one attached hydrogen (secondary N) is 2. The second kappa shape index (κ2) is 12.2. The van der Waals surface area contributed by atoms with Crippen molar-refractivity contribution in [1.82, 2.24) is 5.32 Å². The zero-order valence-electron chi connectivity index (χ0n) is 18.9. The monoisotopic (exact) mass is 490 g/mol. The van der Waals surface area contributed by atoms with Gasteiger partial charge in [0.2, 0.25) is 5.91 Å². The van der Waals surface area contributed by atoms with E-state index in [9.17, 15) is 9.35 Å². The van der Waals surface area contributed by atoms with E-state index in [0.29, 0.717) is 21.3 Å². The van der Waals surface area contributed by atoms with Gasteiger partial charge in [0.15, 0.2) is 4.90 Å². The maximum Gasteiger partial charge on any atom is 0.221 e. The van der Waals surface area contributed by atoms with Gasteiger partial charge in [0.1, 0.15) is 16.4 Å². The molecule has 0 aliphatic rings. The smallest absolute Gasteiger partial charge is 0.221 e. The molecule has 2 rings (SSSR count). The van der Waals surface area contributed by atoms with Gasteiger partial charge in [-0.25, -0.2) is 4.72 Å². The van der Waals surface area contributed by atoms with E-state index in [2.05, 4.69) is 17.0 Å². The van der Waals surface area contributed by atoms with E-state index in [1.165, 1.54) is 6.92 Å². The fraction of sp³-hybridized carbons (Fsp3) is 0.240. The fourth-order valence-electron chi connectivity index (χ4n) is 2.88. The Hall–Kier alpha value is -2.18. The molecule has 170 valence electrons. The molecule has 0 aromatic heterocycles. The minimum absolute atomic E-state index is 0.132. The zero-order chi connectivity index (χ0) is 23.8. The van der Waals surface area contributed by atoms with E-state index in [1.807, 2.05) is 57.2 Å². The van der Waals surface area contributed by atoms with Gasteiger partial charge in [-0.15, -0.1) is 0 Å². The SMILES string of the molecule is C\C=C(/C=C(\C=C(/C)CC)NC(C)=O)c1ccc(C)c(N[S+]([O-])c2cccc(Cl)c2Cl)c1. The number of halogens is 2. The molecule has 2 aromatic carbocycles. The molecule has 4 nitrogen and oxygen atoms in total. The molecule has 0 radical (unpaired) electrons. The molecule has 1 atom stereocenters. The number of hydrogen-bond donors (Lipinski definition) is 2. The molecule has 32 heavy (non-hydrogen) atoms. The van der Waals surface area contributed by atoms with Crippen LogP contribution in [-0.2, 0) is 16.2 Å². The predicted molar refractivity (Wildman–Crippen MR) is 137 cm³/mol. The number of benzene rings is 2. The first-order valence-corrected chi connectivity index (χ1v) is 12.1. The average Bonchev–Trinajstić information content (AvgIpc) is 2.74. The lowest BCUT2D eigenvalue weighted by Gasteiger charge is -2.16. The summed E-state index contributed by atoms with van der Waals surface area (Å²) in [4.78, 5) is 12.1. The summed E-state index contributed by atoms with van der Waals surface area (Å²) < 4.78 is 16.0. The van der Waals surface area contributed by atoms with Crippen molar-refractivity contribution >= 4 is 51.7 Å². The fourth-order valence-corrected chi connectivity index (χ4v) is 4.45. The lowest BCUT2D eigenvalue weighted by atomic mass is 10.0. The van der Waals surface area contributed by atoms with Gasteiger partial charge in [-0.3, -0.25) is 4.79 Å². The number of allylic oxidation sites excluding steroid dienone is 5. The van der Waals surface area contributed by atoms with Gasteiger partial charge in [-0.05, 0) is 74.2 Å². The highest BCUT2D eigenvalue weighted by Crippen LogP contribution is 2.31. The van der Waals surface area contributed by atoms with Crippen molar-refractivity contribution in [2.24, 2.45) is 0 Å². The molecule has 1 amide bonds. The van der Waals surface area contributed by atoms with Crippen LogP contribution >= 0.6 is 23.2 Å². The van der Waals surface area contributed by atoms with Crippen molar-refractivity contribution in [2.45, 2.75) is 45.9 Å². The van der Waals surface area contributed by atoms with Crippen LogP contribution in [0.25, 0.3) is 5.57 Å². The van der Waals surface area contributed by atoms with Gasteiger partial charge in [-0.2, -0.15) is 0 Å². The summed E-state index contributed by atoms with van der Waals surface area (Å²) in [7, 11) is 0. The summed E-state index contributed by atoms with van der Waals surface area (Å²) in [6.07, 6.45) is 6.75. The molecule has 2 aromatic rings. The van der Waals surface area contributed by atoms with Crippen molar-refractivity contribution in [3.8, 4) is 0 Å². The molecule has 7 heteroatoms. The quantitative estimate of drug-likeness (QED) is 0.303. The third kappa shape index (κ3) is 7.17. The van der Waals surface area contributed by atoms with Gasteiger partial charge in [0.25, 0.3) is 0 Å². The number of amides is 1. The molecule has 0 aliphatic heterocycles. The summed E-state index contributed by atoms with van der Waals surface area (Å²) in [6, 6.07) is 10.9. The second-order valence-corrected chi connectivity index (χ2v) is 9.29. The maximum absolute atomic E-state index is 12.9. The largest absolute Gasteiger partial charge is 0.588 e. The van der Waals surface area contributed by atoms with Crippen LogP contribution in [0.1, 0.15) is 45.2 Å². The highest BCUT2D eigenvalue weighted by Gasteiger charge is 2.19. The maximum atomic E-state index is 12.9. The third-order valence-electron chi connectivity index (χ3n) is 4.79. The molecular formula is C25H28Cl2N2O2S. The molecule has 0 saturated carbocycles. The molecule has 1 unspecified atom stereocenters. The normalized spacial score (nSPS) is 13.7. The van der Waals surface area contributed by atoms with Crippen LogP contribution in [0.2, 0.25) is 10.0 Å². The average molecular weight is 491 g/mol. The summed E-state index contributed by atoms with van der Waals surface area (Å²) >= 11 is 10.7. The van der Waals surface area contributed by atoms with Crippen molar-refractivity contribution in [3.05, 3.63) is 87.1 Å². The van der Waals surface area contributed by atoms with Gasteiger partial charge >= 0.3 is 0 Å². The van der Waals surface area contributed by atoms with Crippen molar-refractivity contribution in [3.63, 3.8) is 0 Å². The molecule has 0 saturated heterocycles. The van der Waals surface area contributed by atoms with Crippen LogP contribution < -0.4 is 10.0 Å².